The van der Waals surface area contributed by atoms with Crippen molar-refractivity contribution in [1.29, 1.82) is 0 Å². The van der Waals surface area contributed by atoms with Crippen LogP contribution in [0.2, 0.25) is 0 Å². The van der Waals surface area contributed by atoms with Crippen LogP contribution in [0.3, 0.4) is 0 Å². The molecule has 14 heavy (non-hydrogen) atoms. The first-order valence-corrected chi connectivity index (χ1v) is 4.90. The highest BCUT2D eigenvalue weighted by atomic mass is 16.3. The lowest BCUT2D eigenvalue weighted by Crippen LogP contribution is -1.88. The van der Waals surface area contributed by atoms with Crippen LogP contribution in [0.1, 0.15) is 31.0 Å². The minimum atomic E-state index is 0.347. The highest BCUT2D eigenvalue weighted by Crippen LogP contribution is 2.29. The van der Waals surface area contributed by atoms with Crippen LogP contribution in [-0.2, 0) is 0 Å². The number of aryl methyl sites for hydroxylation is 1. The van der Waals surface area contributed by atoms with Gasteiger partial charge in [-0.2, -0.15) is 0 Å². The lowest BCUT2D eigenvalue weighted by atomic mass is 10.0. The molecular formula is C12H15NO. The van der Waals surface area contributed by atoms with Gasteiger partial charge in [0.05, 0.1) is 0 Å². The molecule has 0 atom stereocenters. The highest BCUT2D eigenvalue weighted by molar-refractivity contribution is 5.85. The van der Waals surface area contributed by atoms with E-state index in [1.165, 1.54) is 5.56 Å². The van der Waals surface area contributed by atoms with Crippen molar-refractivity contribution in [2.75, 3.05) is 0 Å². The Morgan fingerprint density at radius 1 is 1.21 bits per heavy atom. The standard InChI is InChI=1S/C12H15NO/c1-7(2)11-6-10(14)5-9-4-8(3)13-12(9)11/h4-7,13-14H,1-3H3. The predicted octanol–water partition coefficient (Wildman–Crippen LogP) is 3.31. The molecule has 0 radical (unpaired) electrons. The monoisotopic (exact) mass is 189 g/mol. The third kappa shape index (κ3) is 1.37. The number of hydrogen-bond acceptors (Lipinski definition) is 1. The number of aromatic hydroxyl groups is 1. The van der Waals surface area contributed by atoms with Gasteiger partial charge in [0, 0.05) is 16.6 Å². The number of benzene rings is 1. The third-order valence-corrected chi connectivity index (χ3v) is 2.50. The molecule has 1 aromatic heterocycles. The maximum Gasteiger partial charge on any atom is 0.116 e. The zero-order valence-electron chi connectivity index (χ0n) is 8.76. The van der Waals surface area contributed by atoms with Gasteiger partial charge in [0.2, 0.25) is 0 Å². The van der Waals surface area contributed by atoms with E-state index in [4.69, 9.17) is 0 Å². The van der Waals surface area contributed by atoms with Crippen molar-refractivity contribution in [3.8, 4) is 5.75 Å². The first-order valence-electron chi connectivity index (χ1n) is 4.90. The molecule has 1 heterocycles. The quantitative estimate of drug-likeness (QED) is 0.709. The van der Waals surface area contributed by atoms with Crippen LogP contribution in [0.4, 0.5) is 0 Å². The summed E-state index contributed by atoms with van der Waals surface area (Å²) in [7, 11) is 0. The van der Waals surface area contributed by atoms with E-state index in [1.54, 1.807) is 6.07 Å². The molecule has 0 unspecified atom stereocenters. The number of phenols is 1. The molecule has 0 bridgehead atoms. The van der Waals surface area contributed by atoms with E-state index in [-0.39, 0.29) is 0 Å². The first kappa shape index (κ1) is 9.13. The smallest absolute Gasteiger partial charge is 0.116 e. The fourth-order valence-corrected chi connectivity index (χ4v) is 1.85. The van der Waals surface area contributed by atoms with Gasteiger partial charge in [0.25, 0.3) is 0 Å². The van der Waals surface area contributed by atoms with Gasteiger partial charge < -0.3 is 10.1 Å². The number of H-pyrrole nitrogens is 1. The van der Waals surface area contributed by atoms with Crippen molar-refractivity contribution in [2.24, 2.45) is 0 Å². The van der Waals surface area contributed by atoms with Gasteiger partial charge >= 0.3 is 0 Å². The van der Waals surface area contributed by atoms with E-state index in [9.17, 15) is 5.11 Å². The lowest BCUT2D eigenvalue weighted by Gasteiger charge is -2.07. The van der Waals surface area contributed by atoms with Crippen LogP contribution in [0.5, 0.6) is 5.75 Å². The Labute approximate surface area is 83.6 Å². The minimum absolute atomic E-state index is 0.347. The fraction of sp³-hybridized carbons (Fsp3) is 0.333. The van der Waals surface area contributed by atoms with Crippen LogP contribution in [0, 0.1) is 6.92 Å². The maximum absolute atomic E-state index is 9.56. The normalized spacial score (nSPS) is 11.4. The summed E-state index contributed by atoms with van der Waals surface area (Å²) >= 11 is 0. The molecule has 0 amide bonds. The van der Waals surface area contributed by atoms with Crippen LogP contribution < -0.4 is 0 Å². The highest BCUT2D eigenvalue weighted by Gasteiger charge is 2.08. The molecule has 0 saturated heterocycles. The Balaban J connectivity index is 2.79. The molecule has 0 spiro atoms. The van der Waals surface area contributed by atoms with Crippen LogP contribution in [0.25, 0.3) is 10.9 Å². The number of fused-ring (bicyclic) bond motifs is 1. The summed E-state index contributed by atoms with van der Waals surface area (Å²) in [6.45, 7) is 6.29. The van der Waals surface area contributed by atoms with Gasteiger partial charge in [0.1, 0.15) is 5.75 Å². The SMILES string of the molecule is Cc1cc2cc(O)cc(C(C)C)c2[nH]1. The second-order valence-electron chi connectivity index (χ2n) is 4.11. The number of nitrogens with one attached hydrogen (secondary N) is 1. The molecule has 2 rings (SSSR count). The second kappa shape index (κ2) is 3.05. The van der Waals surface area contributed by atoms with Crippen molar-refractivity contribution in [3.05, 3.63) is 29.5 Å². The third-order valence-electron chi connectivity index (χ3n) is 2.50. The summed E-state index contributed by atoms with van der Waals surface area (Å²) in [5.41, 5.74) is 3.45. The Hall–Kier alpha value is -1.44. The van der Waals surface area contributed by atoms with Crippen LogP contribution in [-0.4, -0.2) is 10.1 Å². The predicted molar refractivity (Wildman–Crippen MR) is 58.8 cm³/mol. The van der Waals surface area contributed by atoms with E-state index in [2.05, 4.69) is 24.9 Å². The van der Waals surface area contributed by atoms with Gasteiger partial charge in [-0.05, 0) is 36.6 Å². The minimum Gasteiger partial charge on any atom is -0.508 e. The zero-order valence-corrected chi connectivity index (χ0v) is 8.76. The van der Waals surface area contributed by atoms with E-state index >= 15 is 0 Å². The van der Waals surface area contributed by atoms with Crippen molar-refractivity contribution in [2.45, 2.75) is 26.7 Å². The van der Waals surface area contributed by atoms with Crippen LogP contribution >= 0.6 is 0 Å². The molecule has 0 aliphatic rings. The average Bonchev–Trinajstić information content (AvgIpc) is 2.42. The molecule has 2 heteroatoms. The number of hydrogen-bond donors (Lipinski definition) is 2. The van der Waals surface area contributed by atoms with E-state index in [0.717, 1.165) is 16.6 Å². The lowest BCUT2D eigenvalue weighted by molar-refractivity contribution is 0.475. The molecule has 0 saturated carbocycles. The summed E-state index contributed by atoms with van der Waals surface area (Å²) in [6.07, 6.45) is 0. The Morgan fingerprint density at radius 3 is 2.57 bits per heavy atom. The van der Waals surface area contributed by atoms with Crippen molar-refractivity contribution >= 4 is 10.9 Å². The number of phenolic OH excluding ortho intramolecular Hbond substituents is 1. The van der Waals surface area contributed by atoms with Gasteiger partial charge in [-0.3, -0.25) is 0 Å². The molecule has 0 aliphatic carbocycles. The number of aromatic amines is 1. The fourth-order valence-electron chi connectivity index (χ4n) is 1.85. The molecule has 2 aromatic rings. The maximum atomic E-state index is 9.56. The summed E-state index contributed by atoms with van der Waals surface area (Å²) in [4.78, 5) is 3.32. The van der Waals surface area contributed by atoms with Gasteiger partial charge in [-0.1, -0.05) is 13.8 Å². The van der Waals surface area contributed by atoms with Crippen molar-refractivity contribution in [3.63, 3.8) is 0 Å². The molecule has 2 nitrogen and oxygen atoms in total. The Morgan fingerprint density at radius 2 is 1.93 bits per heavy atom. The van der Waals surface area contributed by atoms with E-state index in [1.807, 2.05) is 13.0 Å². The van der Waals surface area contributed by atoms with Crippen molar-refractivity contribution < 1.29 is 5.11 Å². The Bertz CT molecular complexity index is 468. The van der Waals surface area contributed by atoms with Gasteiger partial charge in [0.15, 0.2) is 0 Å². The molecule has 74 valence electrons. The molecule has 2 N–H and O–H groups in total. The average molecular weight is 189 g/mol. The molecule has 0 fully saturated rings. The summed E-state index contributed by atoms with van der Waals surface area (Å²) in [5.74, 6) is 0.767. The largest absolute Gasteiger partial charge is 0.508 e. The Kier molecular flexibility index (Phi) is 1.99. The molecular weight excluding hydrogens is 174 g/mol. The summed E-state index contributed by atoms with van der Waals surface area (Å²) in [5, 5.41) is 10.6. The molecule has 0 aliphatic heterocycles. The second-order valence-corrected chi connectivity index (χ2v) is 4.11. The first-order chi connectivity index (χ1) is 6.58. The van der Waals surface area contributed by atoms with E-state index in [0.29, 0.717) is 11.7 Å². The van der Waals surface area contributed by atoms with Gasteiger partial charge in [-0.15, -0.1) is 0 Å². The summed E-state index contributed by atoms with van der Waals surface area (Å²) in [6, 6.07) is 5.69. The topological polar surface area (TPSA) is 36.0 Å². The van der Waals surface area contributed by atoms with Crippen molar-refractivity contribution in [1.82, 2.24) is 4.98 Å². The zero-order chi connectivity index (χ0) is 10.3. The number of aromatic nitrogens is 1. The number of rotatable bonds is 1. The van der Waals surface area contributed by atoms with Gasteiger partial charge in [-0.25, -0.2) is 0 Å². The van der Waals surface area contributed by atoms with Crippen LogP contribution in [0.15, 0.2) is 18.2 Å². The molecule has 1 aromatic carbocycles. The summed E-state index contributed by atoms with van der Waals surface area (Å²) < 4.78 is 0. The van der Waals surface area contributed by atoms with E-state index < -0.39 is 0 Å².